The first-order valence-corrected chi connectivity index (χ1v) is 8.05. The highest BCUT2D eigenvalue weighted by atomic mass is 16.5. The van der Waals surface area contributed by atoms with Gasteiger partial charge in [-0.1, -0.05) is 18.2 Å². The number of nitrogens with zero attached hydrogens (tertiary/aromatic N) is 2. The molecule has 22 heavy (non-hydrogen) atoms. The van der Waals surface area contributed by atoms with Gasteiger partial charge in [-0.3, -0.25) is 9.69 Å². The topological polar surface area (TPSA) is 42.0 Å². The zero-order valence-electron chi connectivity index (χ0n) is 13.4. The van der Waals surface area contributed by atoms with E-state index in [4.69, 9.17) is 9.47 Å². The maximum absolute atomic E-state index is 12.0. The number of hydrogen-bond donors (Lipinski definition) is 0. The van der Waals surface area contributed by atoms with Gasteiger partial charge in [0.2, 0.25) is 5.91 Å². The number of ether oxygens (including phenoxy) is 2. The fourth-order valence-electron chi connectivity index (χ4n) is 2.49. The molecule has 0 N–H and O–H groups in total. The van der Waals surface area contributed by atoms with Crippen LogP contribution in [-0.2, 0) is 9.53 Å². The van der Waals surface area contributed by atoms with Crippen molar-refractivity contribution in [1.29, 1.82) is 0 Å². The van der Waals surface area contributed by atoms with E-state index < -0.39 is 0 Å². The smallest absolute Gasteiger partial charge is 0.224 e. The van der Waals surface area contributed by atoms with Crippen LogP contribution < -0.4 is 4.74 Å². The van der Waals surface area contributed by atoms with Crippen molar-refractivity contribution in [2.24, 2.45) is 0 Å². The van der Waals surface area contributed by atoms with Crippen molar-refractivity contribution >= 4 is 5.91 Å². The number of hydrogen-bond acceptors (Lipinski definition) is 4. The van der Waals surface area contributed by atoms with E-state index in [2.05, 4.69) is 4.90 Å². The number of amides is 1. The van der Waals surface area contributed by atoms with Gasteiger partial charge in [0.25, 0.3) is 0 Å². The molecule has 5 heteroatoms. The second-order valence-corrected chi connectivity index (χ2v) is 5.33. The van der Waals surface area contributed by atoms with Crippen LogP contribution in [0.3, 0.4) is 0 Å². The summed E-state index contributed by atoms with van der Waals surface area (Å²) in [5.41, 5.74) is 0. The molecule has 1 amide bonds. The van der Waals surface area contributed by atoms with E-state index in [1.54, 1.807) is 0 Å². The Kier molecular flexibility index (Phi) is 7.19. The van der Waals surface area contributed by atoms with Gasteiger partial charge in [0.15, 0.2) is 0 Å². The van der Waals surface area contributed by atoms with Crippen molar-refractivity contribution in [2.45, 2.75) is 13.3 Å². The molecule has 0 bridgehead atoms. The Hall–Kier alpha value is -1.59. The van der Waals surface area contributed by atoms with E-state index in [-0.39, 0.29) is 5.91 Å². The molecule has 1 aromatic rings. The van der Waals surface area contributed by atoms with Gasteiger partial charge in [0.1, 0.15) is 12.4 Å². The van der Waals surface area contributed by atoms with Crippen LogP contribution in [0.5, 0.6) is 5.75 Å². The van der Waals surface area contributed by atoms with Crippen LogP contribution in [0.25, 0.3) is 0 Å². The molecule has 0 spiro atoms. The number of para-hydroxylation sites is 1. The molecule has 1 aliphatic heterocycles. The average Bonchev–Trinajstić information content (AvgIpc) is 2.56. The molecule has 0 aliphatic carbocycles. The first kappa shape index (κ1) is 16.8. The van der Waals surface area contributed by atoms with Crippen molar-refractivity contribution in [3.8, 4) is 5.75 Å². The summed E-state index contributed by atoms with van der Waals surface area (Å²) in [6.07, 6.45) is 0.491. The highest BCUT2D eigenvalue weighted by Gasteiger charge is 2.20. The average molecular weight is 306 g/mol. The van der Waals surface area contributed by atoms with Gasteiger partial charge in [-0.15, -0.1) is 0 Å². The van der Waals surface area contributed by atoms with Gasteiger partial charge in [0.05, 0.1) is 13.0 Å². The predicted octanol–water partition coefficient (Wildman–Crippen LogP) is 1.64. The molecule has 5 nitrogen and oxygen atoms in total. The van der Waals surface area contributed by atoms with Crippen molar-refractivity contribution in [2.75, 3.05) is 52.5 Å². The third kappa shape index (κ3) is 5.66. The highest BCUT2D eigenvalue weighted by molar-refractivity contribution is 5.76. The van der Waals surface area contributed by atoms with E-state index in [0.29, 0.717) is 26.2 Å². The summed E-state index contributed by atoms with van der Waals surface area (Å²) in [6.45, 7) is 8.16. The molecule has 1 heterocycles. The van der Waals surface area contributed by atoms with Gasteiger partial charge in [-0.25, -0.2) is 0 Å². The second kappa shape index (κ2) is 9.43. The normalized spacial score (nSPS) is 15.8. The molecule has 1 aromatic carbocycles. The Morgan fingerprint density at radius 3 is 2.50 bits per heavy atom. The largest absolute Gasteiger partial charge is 0.492 e. The Labute approximate surface area is 132 Å². The maximum atomic E-state index is 12.0. The minimum Gasteiger partial charge on any atom is -0.492 e. The van der Waals surface area contributed by atoms with E-state index in [9.17, 15) is 4.79 Å². The third-order valence-electron chi connectivity index (χ3n) is 3.81. The molecule has 0 radical (unpaired) electrons. The van der Waals surface area contributed by atoms with Crippen LogP contribution in [0.2, 0.25) is 0 Å². The standard InChI is InChI=1S/C17H26N2O3/c1-2-21-14-8-17(20)19-11-9-18(10-12-19)13-15-22-16-6-4-3-5-7-16/h3-7H,2,8-15H2,1H3. The zero-order chi connectivity index (χ0) is 15.6. The van der Waals surface area contributed by atoms with E-state index in [1.165, 1.54) is 0 Å². The first-order chi connectivity index (χ1) is 10.8. The van der Waals surface area contributed by atoms with Crippen molar-refractivity contribution in [3.05, 3.63) is 30.3 Å². The van der Waals surface area contributed by atoms with Crippen LogP contribution in [0.1, 0.15) is 13.3 Å². The lowest BCUT2D eigenvalue weighted by Crippen LogP contribution is -2.49. The minimum atomic E-state index is 0.202. The third-order valence-corrected chi connectivity index (χ3v) is 3.81. The second-order valence-electron chi connectivity index (χ2n) is 5.33. The summed E-state index contributed by atoms with van der Waals surface area (Å²) in [5.74, 6) is 1.11. The molecular weight excluding hydrogens is 280 g/mol. The molecule has 1 aliphatic rings. The molecule has 2 rings (SSSR count). The summed E-state index contributed by atoms with van der Waals surface area (Å²) in [7, 11) is 0. The Bertz CT molecular complexity index is 431. The lowest BCUT2D eigenvalue weighted by atomic mass is 10.3. The molecule has 0 atom stereocenters. The monoisotopic (exact) mass is 306 g/mol. The summed E-state index contributed by atoms with van der Waals surface area (Å²) < 4.78 is 10.9. The van der Waals surface area contributed by atoms with E-state index in [1.807, 2.05) is 42.2 Å². The van der Waals surface area contributed by atoms with Crippen LogP contribution in [0.4, 0.5) is 0 Å². The highest BCUT2D eigenvalue weighted by Crippen LogP contribution is 2.09. The van der Waals surface area contributed by atoms with Gasteiger partial charge in [0, 0.05) is 39.3 Å². The van der Waals surface area contributed by atoms with Crippen molar-refractivity contribution < 1.29 is 14.3 Å². The molecule has 0 unspecified atom stereocenters. The van der Waals surface area contributed by atoms with Crippen LogP contribution in [0, 0.1) is 0 Å². The zero-order valence-corrected chi connectivity index (χ0v) is 13.4. The van der Waals surface area contributed by atoms with Gasteiger partial charge in [-0.2, -0.15) is 0 Å². The van der Waals surface area contributed by atoms with E-state index in [0.717, 1.165) is 38.5 Å². The van der Waals surface area contributed by atoms with Crippen molar-refractivity contribution in [3.63, 3.8) is 0 Å². The summed E-state index contributed by atoms with van der Waals surface area (Å²) >= 11 is 0. The van der Waals surface area contributed by atoms with Crippen LogP contribution >= 0.6 is 0 Å². The molecule has 0 saturated carbocycles. The lowest BCUT2D eigenvalue weighted by Gasteiger charge is -2.34. The molecule has 1 fully saturated rings. The number of piperazine rings is 1. The molecule has 1 saturated heterocycles. The summed E-state index contributed by atoms with van der Waals surface area (Å²) in [5, 5.41) is 0. The number of carbonyl (C=O) groups excluding carboxylic acids is 1. The number of benzene rings is 1. The molecule has 0 aromatic heterocycles. The maximum Gasteiger partial charge on any atom is 0.224 e. The fraction of sp³-hybridized carbons (Fsp3) is 0.588. The Morgan fingerprint density at radius 2 is 1.82 bits per heavy atom. The van der Waals surface area contributed by atoms with Gasteiger partial charge >= 0.3 is 0 Å². The van der Waals surface area contributed by atoms with Crippen molar-refractivity contribution in [1.82, 2.24) is 9.80 Å². The molecular formula is C17H26N2O3. The number of carbonyl (C=O) groups is 1. The Morgan fingerprint density at radius 1 is 1.09 bits per heavy atom. The van der Waals surface area contributed by atoms with Crippen LogP contribution in [0.15, 0.2) is 30.3 Å². The van der Waals surface area contributed by atoms with Gasteiger partial charge in [-0.05, 0) is 19.1 Å². The van der Waals surface area contributed by atoms with Gasteiger partial charge < -0.3 is 14.4 Å². The number of rotatable bonds is 8. The summed E-state index contributed by atoms with van der Waals surface area (Å²) in [4.78, 5) is 16.3. The quantitative estimate of drug-likeness (QED) is 0.685. The summed E-state index contributed by atoms with van der Waals surface area (Å²) in [6, 6.07) is 9.86. The SMILES string of the molecule is CCOCCC(=O)N1CCN(CCOc2ccccc2)CC1. The predicted molar refractivity (Wildman–Crippen MR) is 86.1 cm³/mol. The molecule has 122 valence electrons. The first-order valence-electron chi connectivity index (χ1n) is 8.05. The fourth-order valence-corrected chi connectivity index (χ4v) is 2.49. The van der Waals surface area contributed by atoms with E-state index >= 15 is 0 Å². The Balaban J connectivity index is 1.59. The van der Waals surface area contributed by atoms with Crippen LogP contribution in [-0.4, -0.2) is 68.3 Å². The minimum absolute atomic E-state index is 0.202. The lowest BCUT2D eigenvalue weighted by molar-refractivity contribution is -0.134.